The number of benzene rings is 1. The molecule has 3 rings (SSSR count). The first-order valence-corrected chi connectivity index (χ1v) is 7.73. The van der Waals surface area contributed by atoms with Crippen LogP contribution in [-0.4, -0.2) is 36.5 Å². The van der Waals surface area contributed by atoms with Crippen molar-refractivity contribution >= 4 is 29.3 Å². The van der Waals surface area contributed by atoms with Crippen LogP contribution >= 0.6 is 11.9 Å². The Bertz CT molecular complexity index is 480. The van der Waals surface area contributed by atoms with E-state index >= 15 is 0 Å². The molecule has 102 valence electrons. The molecule has 0 amide bonds. The largest absolute Gasteiger partial charge is 0.478 e. The molecule has 4 nitrogen and oxygen atoms in total. The van der Waals surface area contributed by atoms with Gasteiger partial charge < -0.3 is 14.3 Å². The van der Waals surface area contributed by atoms with Gasteiger partial charge in [-0.05, 0) is 49.4 Å². The summed E-state index contributed by atoms with van der Waals surface area (Å²) in [7, 11) is 0. The standard InChI is InChI=1S/C14H18N2O2S/c17-14(18)12-10-11(15-6-1-2-7-15)4-5-13(12)16-8-3-9-19-16/h4-5,10H,1-3,6-9H2,(H,17,18). The highest BCUT2D eigenvalue weighted by Gasteiger charge is 2.22. The summed E-state index contributed by atoms with van der Waals surface area (Å²) >= 11 is 1.72. The van der Waals surface area contributed by atoms with E-state index in [2.05, 4.69) is 15.3 Å². The molecule has 1 N–H and O–H groups in total. The smallest absolute Gasteiger partial charge is 0.337 e. The number of carboxylic acids is 1. The van der Waals surface area contributed by atoms with Crippen LogP contribution in [0.3, 0.4) is 0 Å². The van der Waals surface area contributed by atoms with Crippen LogP contribution in [0.5, 0.6) is 0 Å². The van der Waals surface area contributed by atoms with Crippen molar-refractivity contribution in [1.29, 1.82) is 0 Å². The van der Waals surface area contributed by atoms with Gasteiger partial charge in [0.2, 0.25) is 0 Å². The molecule has 2 aliphatic heterocycles. The van der Waals surface area contributed by atoms with Crippen molar-refractivity contribution in [2.45, 2.75) is 19.3 Å². The van der Waals surface area contributed by atoms with Gasteiger partial charge in [0.25, 0.3) is 0 Å². The van der Waals surface area contributed by atoms with Gasteiger partial charge in [-0.1, -0.05) is 0 Å². The Labute approximate surface area is 117 Å². The van der Waals surface area contributed by atoms with E-state index in [1.54, 1.807) is 11.9 Å². The molecule has 0 unspecified atom stereocenters. The van der Waals surface area contributed by atoms with Crippen LogP contribution in [0.2, 0.25) is 0 Å². The third-order valence-corrected chi connectivity index (χ3v) is 4.87. The normalized spacial score (nSPS) is 19.2. The molecule has 19 heavy (non-hydrogen) atoms. The summed E-state index contributed by atoms with van der Waals surface area (Å²) in [5.74, 6) is 0.246. The number of anilines is 2. The minimum absolute atomic E-state index is 0.429. The summed E-state index contributed by atoms with van der Waals surface area (Å²) in [6.07, 6.45) is 3.52. The van der Waals surface area contributed by atoms with Crippen molar-refractivity contribution < 1.29 is 9.90 Å². The molecule has 0 saturated carbocycles. The van der Waals surface area contributed by atoms with E-state index in [9.17, 15) is 9.90 Å². The number of nitrogens with zero attached hydrogens (tertiary/aromatic N) is 2. The highest BCUT2D eigenvalue weighted by molar-refractivity contribution is 8.00. The molecule has 2 fully saturated rings. The lowest BCUT2D eigenvalue weighted by Crippen LogP contribution is -2.19. The van der Waals surface area contributed by atoms with Gasteiger partial charge >= 0.3 is 5.97 Å². The van der Waals surface area contributed by atoms with Crippen LogP contribution in [0.15, 0.2) is 18.2 Å². The van der Waals surface area contributed by atoms with E-state index in [-0.39, 0.29) is 0 Å². The van der Waals surface area contributed by atoms with Crippen molar-refractivity contribution in [3.63, 3.8) is 0 Å². The third-order valence-electron chi connectivity index (χ3n) is 3.70. The van der Waals surface area contributed by atoms with Gasteiger partial charge in [0.15, 0.2) is 0 Å². The monoisotopic (exact) mass is 278 g/mol. The van der Waals surface area contributed by atoms with Gasteiger partial charge in [0, 0.05) is 31.1 Å². The maximum atomic E-state index is 11.5. The van der Waals surface area contributed by atoms with Crippen molar-refractivity contribution in [2.75, 3.05) is 34.6 Å². The molecule has 0 bridgehead atoms. The molecular formula is C14H18N2O2S. The van der Waals surface area contributed by atoms with E-state index in [4.69, 9.17) is 0 Å². The van der Waals surface area contributed by atoms with E-state index in [0.29, 0.717) is 5.56 Å². The van der Waals surface area contributed by atoms with E-state index in [1.165, 1.54) is 12.8 Å². The van der Waals surface area contributed by atoms with Crippen molar-refractivity contribution in [1.82, 2.24) is 0 Å². The Hall–Kier alpha value is -1.36. The maximum absolute atomic E-state index is 11.5. The predicted molar refractivity (Wildman–Crippen MR) is 79.3 cm³/mol. The first-order chi connectivity index (χ1) is 9.25. The van der Waals surface area contributed by atoms with E-state index in [1.807, 2.05) is 12.1 Å². The Morgan fingerprint density at radius 2 is 1.95 bits per heavy atom. The average Bonchev–Trinajstić information content (AvgIpc) is 3.11. The number of rotatable bonds is 3. The van der Waals surface area contributed by atoms with Gasteiger partial charge in [-0.3, -0.25) is 0 Å². The third kappa shape index (κ3) is 2.52. The van der Waals surface area contributed by atoms with Gasteiger partial charge in [-0.2, -0.15) is 0 Å². The lowest BCUT2D eigenvalue weighted by molar-refractivity contribution is 0.0698. The Morgan fingerprint density at radius 1 is 1.16 bits per heavy atom. The Balaban J connectivity index is 1.93. The second-order valence-electron chi connectivity index (χ2n) is 4.99. The van der Waals surface area contributed by atoms with Crippen LogP contribution in [0.1, 0.15) is 29.6 Å². The van der Waals surface area contributed by atoms with Crippen LogP contribution in [0.4, 0.5) is 11.4 Å². The molecule has 1 aromatic rings. The number of hydrogen-bond donors (Lipinski definition) is 1. The van der Waals surface area contributed by atoms with Crippen LogP contribution in [-0.2, 0) is 0 Å². The number of carboxylic acid groups (broad SMARTS) is 1. The second-order valence-corrected chi connectivity index (χ2v) is 6.10. The summed E-state index contributed by atoms with van der Waals surface area (Å²) in [5.41, 5.74) is 2.32. The van der Waals surface area contributed by atoms with E-state index < -0.39 is 5.97 Å². The topological polar surface area (TPSA) is 43.8 Å². The van der Waals surface area contributed by atoms with Crippen LogP contribution in [0.25, 0.3) is 0 Å². The predicted octanol–water partition coefficient (Wildman–Crippen LogP) is 2.84. The van der Waals surface area contributed by atoms with Crippen molar-refractivity contribution in [3.8, 4) is 0 Å². The fraction of sp³-hybridized carbons (Fsp3) is 0.500. The Morgan fingerprint density at radius 3 is 2.58 bits per heavy atom. The minimum Gasteiger partial charge on any atom is -0.478 e. The molecule has 0 aliphatic carbocycles. The zero-order valence-electron chi connectivity index (χ0n) is 10.8. The fourth-order valence-corrected chi connectivity index (χ4v) is 3.76. The number of hydrogen-bond acceptors (Lipinski definition) is 4. The number of carbonyl (C=O) groups is 1. The summed E-state index contributed by atoms with van der Waals surface area (Å²) in [5, 5.41) is 9.44. The molecule has 2 heterocycles. The molecule has 5 heteroatoms. The second kappa shape index (κ2) is 5.33. The molecule has 1 aromatic carbocycles. The average molecular weight is 278 g/mol. The lowest BCUT2D eigenvalue weighted by Gasteiger charge is -2.22. The summed E-state index contributed by atoms with van der Waals surface area (Å²) in [6.45, 7) is 3.02. The number of aromatic carboxylic acids is 1. The molecule has 2 aliphatic rings. The first kappa shape index (κ1) is 12.7. The highest BCUT2D eigenvalue weighted by atomic mass is 32.2. The summed E-state index contributed by atoms with van der Waals surface area (Å²) in [4.78, 5) is 13.8. The lowest BCUT2D eigenvalue weighted by atomic mass is 10.1. The molecule has 0 radical (unpaired) electrons. The summed E-state index contributed by atoms with van der Waals surface area (Å²) in [6, 6.07) is 5.86. The van der Waals surface area contributed by atoms with E-state index in [0.717, 1.165) is 43.2 Å². The van der Waals surface area contributed by atoms with Gasteiger partial charge in [0.1, 0.15) is 0 Å². The van der Waals surface area contributed by atoms with Crippen LogP contribution < -0.4 is 9.21 Å². The molecular weight excluding hydrogens is 260 g/mol. The fourth-order valence-electron chi connectivity index (χ4n) is 2.72. The van der Waals surface area contributed by atoms with Crippen molar-refractivity contribution in [3.05, 3.63) is 23.8 Å². The zero-order valence-corrected chi connectivity index (χ0v) is 11.7. The van der Waals surface area contributed by atoms with Crippen molar-refractivity contribution in [2.24, 2.45) is 0 Å². The van der Waals surface area contributed by atoms with Gasteiger partial charge in [-0.15, -0.1) is 0 Å². The Kier molecular flexibility index (Phi) is 3.55. The first-order valence-electron chi connectivity index (χ1n) is 6.78. The maximum Gasteiger partial charge on any atom is 0.337 e. The SMILES string of the molecule is O=C(O)c1cc(N2CCCC2)ccc1N1CCCS1. The van der Waals surface area contributed by atoms with Crippen LogP contribution in [0, 0.1) is 0 Å². The summed E-state index contributed by atoms with van der Waals surface area (Å²) < 4.78 is 2.11. The van der Waals surface area contributed by atoms with Gasteiger partial charge in [-0.25, -0.2) is 4.79 Å². The quantitative estimate of drug-likeness (QED) is 0.861. The van der Waals surface area contributed by atoms with Gasteiger partial charge in [0.05, 0.1) is 11.3 Å². The molecule has 0 spiro atoms. The molecule has 2 saturated heterocycles. The zero-order chi connectivity index (χ0) is 13.2. The molecule has 0 aromatic heterocycles. The highest BCUT2D eigenvalue weighted by Crippen LogP contribution is 2.34. The molecule has 0 atom stereocenters. The minimum atomic E-state index is -0.830.